The third kappa shape index (κ3) is 2.55. The molecule has 0 amide bonds. The molecule has 0 aliphatic heterocycles. The first-order chi connectivity index (χ1) is 9.74. The minimum atomic E-state index is -0.272. The second-order valence-corrected chi connectivity index (χ2v) is 4.83. The van der Waals surface area contributed by atoms with Gasteiger partial charge in [-0.3, -0.25) is 0 Å². The summed E-state index contributed by atoms with van der Waals surface area (Å²) in [5.41, 5.74) is -0.272. The first-order valence-electron chi connectivity index (χ1n) is 6.64. The van der Waals surface area contributed by atoms with Gasteiger partial charge in [0.1, 0.15) is 0 Å². The van der Waals surface area contributed by atoms with Crippen LogP contribution in [0, 0.1) is 0 Å². The van der Waals surface area contributed by atoms with Crippen molar-refractivity contribution < 1.29 is 5.11 Å². The van der Waals surface area contributed by atoms with Crippen LogP contribution < -0.4 is 10.6 Å². The predicted molar refractivity (Wildman–Crippen MR) is 73.8 cm³/mol. The Hall–Kier alpha value is -2.22. The van der Waals surface area contributed by atoms with Crippen LogP contribution >= 0.6 is 0 Å². The molecule has 2 heterocycles. The van der Waals surface area contributed by atoms with E-state index in [1.165, 1.54) is 0 Å². The van der Waals surface area contributed by atoms with Gasteiger partial charge in [0.25, 0.3) is 5.95 Å². The molecule has 1 aliphatic carbocycles. The van der Waals surface area contributed by atoms with Crippen molar-refractivity contribution in [1.82, 2.24) is 24.7 Å². The van der Waals surface area contributed by atoms with E-state index in [4.69, 9.17) is 0 Å². The van der Waals surface area contributed by atoms with Gasteiger partial charge < -0.3 is 15.7 Å². The number of anilines is 2. The highest BCUT2D eigenvalue weighted by Gasteiger charge is 2.42. The van der Waals surface area contributed by atoms with Crippen molar-refractivity contribution in [3.05, 3.63) is 18.5 Å². The zero-order valence-corrected chi connectivity index (χ0v) is 11.2. The topological polar surface area (TPSA) is 101 Å². The van der Waals surface area contributed by atoms with Crippen LogP contribution in [0.5, 0.6) is 0 Å². The van der Waals surface area contributed by atoms with Gasteiger partial charge in [-0.05, 0) is 25.8 Å². The fourth-order valence-electron chi connectivity index (χ4n) is 1.86. The molecule has 106 valence electrons. The Labute approximate surface area is 116 Å². The molecular formula is C12H17N7O. The monoisotopic (exact) mass is 275 g/mol. The quantitative estimate of drug-likeness (QED) is 0.702. The Balaban J connectivity index is 1.92. The molecule has 3 rings (SSSR count). The molecule has 8 nitrogen and oxygen atoms in total. The Bertz CT molecular complexity index is 579. The van der Waals surface area contributed by atoms with Crippen molar-refractivity contribution in [2.24, 2.45) is 0 Å². The smallest absolute Gasteiger partial charge is 0.257 e. The van der Waals surface area contributed by atoms with Gasteiger partial charge in [0.15, 0.2) is 0 Å². The molecule has 0 atom stereocenters. The summed E-state index contributed by atoms with van der Waals surface area (Å²) in [4.78, 5) is 13.0. The molecule has 1 fully saturated rings. The number of aromatic nitrogens is 5. The van der Waals surface area contributed by atoms with E-state index in [-0.39, 0.29) is 12.1 Å². The van der Waals surface area contributed by atoms with Gasteiger partial charge in [0.2, 0.25) is 11.9 Å². The first-order valence-corrected chi connectivity index (χ1v) is 6.64. The van der Waals surface area contributed by atoms with Gasteiger partial charge in [0.05, 0.1) is 12.1 Å². The molecule has 8 heteroatoms. The maximum atomic E-state index is 9.38. The van der Waals surface area contributed by atoms with E-state index in [1.807, 2.05) is 6.92 Å². The Morgan fingerprint density at radius 2 is 2.10 bits per heavy atom. The molecule has 1 saturated carbocycles. The minimum absolute atomic E-state index is 0.0757. The molecule has 0 aromatic carbocycles. The normalized spacial score (nSPS) is 15.9. The number of rotatable bonds is 6. The minimum Gasteiger partial charge on any atom is -0.394 e. The lowest BCUT2D eigenvalue weighted by molar-refractivity contribution is 0.265. The van der Waals surface area contributed by atoms with Crippen LogP contribution in [-0.4, -0.2) is 48.5 Å². The summed E-state index contributed by atoms with van der Waals surface area (Å²) in [5, 5.41) is 19.8. The summed E-state index contributed by atoms with van der Waals surface area (Å²) < 4.78 is 1.58. The van der Waals surface area contributed by atoms with E-state index in [0.29, 0.717) is 24.4 Å². The summed E-state index contributed by atoms with van der Waals surface area (Å²) in [6.45, 7) is 2.76. The largest absolute Gasteiger partial charge is 0.394 e. The predicted octanol–water partition coefficient (Wildman–Crippen LogP) is 0.426. The van der Waals surface area contributed by atoms with E-state index < -0.39 is 0 Å². The molecule has 3 N–H and O–H groups in total. The summed E-state index contributed by atoms with van der Waals surface area (Å²) in [6.07, 6.45) is 5.28. The second kappa shape index (κ2) is 5.04. The van der Waals surface area contributed by atoms with Gasteiger partial charge >= 0.3 is 0 Å². The van der Waals surface area contributed by atoms with Crippen molar-refractivity contribution in [3.8, 4) is 5.95 Å². The number of nitrogens with one attached hydrogen (secondary N) is 2. The Morgan fingerprint density at radius 1 is 1.30 bits per heavy atom. The number of aliphatic hydroxyl groups excluding tert-OH is 1. The number of hydrogen-bond donors (Lipinski definition) is 3. The van der Waals surface area contributed by atoms with Crippen molar-refractivity contribution in [2.45, 2.75) is 25.3 Å². The molecule has 0 saturated heterocycles. The fraction of sp³-hybridized carbons (Fsp3) is 0.500. The Morgan fingerprint density at radius 3 is 2.70 bits per heavy atom. The van der Waals surface area contributed by atoms with Crippen LogP contribution in [0.3, 0.4) is 0 Å². The van der Waals surface area contributed by atoms with Gasteiger partial charge in [-0.25, -0.2) is 4.68 Å². The van der Waals surface area contributed by atoms with Gasteiger partial charge in [0, 0.05) is 18.9 Å². The molecule has 20 heavy (non-hydrogen) atoms. The first kappa shape index (κ1) is 12.8. The van der Waals surface area contributed by atoms with E-state index >= 15 is 0 Å². The van der Waals surface area contributed by atoms with E-state index in [1.54, 1.807) is 23.1 Å². The molecule has 1 aliphatic rings. The number of nitrogens with zero attached hydrogens (tertiary/aromatic N) is 5. The van der Waals surface area contributed by atoms with E-state index in [9.17, 15) is 5.11 Å². The third-order valence-electron chi connectivity index (χ3n) is 3.20. The second-order valence-electron chi connectivity index (χ2n) is 4.83. The zero-order valence-electron chi connectivity index (χ0n) is 11.2. The summed E-state index contributed by atoms with van der Waals surface area (Å²) in [5.74, 6) is 1.38. The zero-order chi connectivity index (χ0) is 14.0. The SMILES string of the molecule is CCNc1nc(NC2(CO)CC2)nc(-n2cccn2)n1. The lowest BCUT2D eigenvalue weighted by atomic mass is 10.3. The summed E-state index contributed by atoms with van der Waals surface area (Å²) in [6, 6.07) is 1.81. The highest BCUT2D eigenvalue weighted by atomic mass is 16.3. The maximum Gasteiger partial charge on any atom is 0.257 e. The molecule has 0 bridgehead atoms. The average Bonchev–Trinajstić information content (AvgIpc) is 3.01. The number of aliphatic hydroxyl groups is 1. The molecule has 2 aromatic heterocycles. The molecule has 0 spiro atoms. The van der Waals surface area contributed by atoms with E-state index in [2.05, 4.69) is 30.7 Å². The molecular weight excluding hydrogens is 258 g/mol. The van der Waals surface area contributed by atoms with Crippen molar-refractivity contribution in [2.75, 3.05) is 23.8 Å². The van der Waals surface area contributed by atoms with Gasteiger partial charge in [-0.1, -0.05) is 0 Å². The van der Waals surface area contributed by atoms with E-state index in [0.717, 1.165) is 12.8 Å². The summed E-state index contributed by atoms with van der Waals surface area (Å²) in [7, 11) is 0. The maximum absolute atomic E-state index is 9.38. The van der Waals surface area contributed by atoms with Gasteiger partial charge in [-0.15, -0.1) is 0 Å². The fourth-order valence-corrected chi connectivity index (χ4v) is 1.86. The lowest BCUT2D eigenvalue weighted by Gasteiger charge is -2.15. The third-order valence-corrected chi connectivity index (χ3v) is 3.20. The molecule has 0 radical (unpaired) electrons. The molecule has 0 unspecified atom stereocenters. The highest BCUT2D eigenvalue weighted by Crippen LogP contribution is 2.37. The highest BCUT2D eigenvalue weighted by molar-refractivity contribution is 5.41. The standard InChI is InChI=1S/C12H17N7O/c1-2-13-9-15-10(18-12(8-20)4-5-12)17-11(16-9)19-7-3-6-14-19/h3,6-7,20H,2,4-5,8H2,1H3,(H2,13,15,16,17,18). The van der Waals surface area contributed by atoms with Crippen LogP contribution in [0.2, 0.25) is 0 Å². The average molecular weight is 275 g/mol. The van der Waals surface area contributed by atoms with Crippen LogP contribution in [0.15, 0.2) is 18.5 Å². The van der Waals surface area contributed by atoms with Crippen LogP contribution in [0.25, 0.3) is 5.95 Å². The van der Waals surface area contributed by atoms with Gasteiger partial charge in [-0.2, -0.15) is 20.1 Å². The van der Waals surface area contributed by atoms with Crippen LogP contribution in [0.4, 0.5) is 11.9 Å². The molecule has 2 aromatic rings. The van der Waals surface area contributed by atoms with Crippen LogP contribution in [0.1, 0.15) is 19.8 Å². The Kier molecular flexibility index (Phi) is 3.23. The van der Waals surface area contributed by atoms with Crippen molar-refractivity contribution >= 4 is 11.9 Å². The van der Waals surface area contributed by atoms with Crippen molar-refractivity contribution in [1.29, 1.82) is 0 Å². The van der Waals surface area contributed by atoms with Crippen molar-refractivity contribution in [3.63, 3.8) is 0 Å². The summed E-state index contributed by atoms with van der Waals surface area (Å²) >= 11 is 0. The van der Waals surface area contributed by atoms with Crippen LogP contribution in [-0.2, 0) is 0 Å². The number of hydrogen-bond acceptors (Lipinski definition) is 7. The lowest BCUT2D eigenvalue weighted by Crippen LogP contribution is -2.27.